The number of carbonyl (C=O) groups is 4. The lowest BCUT2D eigenvalue weighted by molar-refractivity contribution is -0.138. The lowest BCUT2D eigenvalue weighted by Gasteiger charge is -2.50. The van der Waals surface area contributed by atoms with E-state index < -0.39 is 46.8 Å². The zero-order chi connectivity index (χ0) is 35.8. The normalized spacial score (nSPS) is 26.8. The van der Waals surface area contributed by atoms with Crippen LogP contribution >= 0.6 is 34.2 Å². The van der Waals surface area contributed by atoms with Gasteiger partial charge in [-0.25, -0.2) is 0 Å². The van der Waals surface area contributed by atoms with E-state index in [1.54, 1.807) is 30.3 Å². The van der Waals surface area contributed by atoms with Crippen LogP contribution in [0.2, 0.25) is 5.02 Å². The fourth-order valence-corrected chi connectivity index (χ4v) is 9.63. The number of aromatic hydroxyl groups is 1. The van der Waals surface area contributed by atoms with E-state index in [1.807, 2.05) is 96.3 Å². The Hall–Kier alpha value is -4.68. The third-order valence-corrected chi connectivity index (χ3v) is 12.2. The third kappa shape index (κ3) is 5.01. The lowest BCUT2D eigenvalue weighted by atomic mass is 9.49. The summed E-state index contributed by atoms with van der Waals surface area (Å²) in [5.74, 6) is -4.84. The fraction of sp³-hybridized carbons (Fsp3) is 0.250. The van der Waals surface area contributed by atoms with Gasteiger partial charge in [-0.05, 0) is 108 Å². The minimum absolute atomic E-state index is 0.0381. The van der Waals surface area contributed by atoms with Crippen LogP contribution < -0.4 is 15.1 Å². The molecule has 8 rings (SSSR count). The number of nitrogens with one attached hydrogen (secondary N) is 1. The maximum absolute atomic E-state index is 15.3. The van der Waals surface area contributed by atoms with E-state index in [1.165, 1.54) is 12.0 Å². The van der Waals surface area contributed by atoms with Crippen molar-refractivity contribution in [1.29, 1.82) is 0 Å². The number of benzene rings is 4. The van der Waals surface area contributed by atoms with Gasteiger partial charge in [0.05, 0.1) is 45.2 Å². The van der Waals surface area contributed by atoms with Gasteiger partial charge in [0.25, 0.3) is 11.8 Å². The van der Waals surface area contributed by atoms with Crippen molar-refractivity contribution in [2.45, 2.75) is 31.1 Å². The highest BCUT2D eigenvalue weighted by Crippen LogP contribution is 2.64. The first kappa shape index (κ1) is 33.5. The van der Waals surface area contributed by atoms with Gasteiger partial charge in [0.2, 0.25) is 11.8 Å². The molecule has 4 amide bonds. The smallest absolute Gasteiger partial charge is 0.260 e. The maximum Gasteiger partial charge on any atom is 0.260 e. The molecule has 0 radical (unpaired) electrons. The molecule has 11 heteroatoms. The summed E-state index contributed by atoms with van der Waals surface area (Å²) in [5, 5.41) is 12.5. The number of anilines is 2. The molecule has 2 saturated heterocycles. The summed E-state index contributed by atoms with van der Waals surface area (Å²) in [6, 6.07) is 26.9. The molecule has 2 N–H and O–H groups in total. The lowest BCUT2D eigenvalue weighted by Crippen LogP contribution is -2.53. The number of phenols is 1. The number of allylic oxidation sites excluding steroid dienone is 2. The number of amides is 4. The van der Waals surface area contributed by atoms with Crippen molar-refractivity contribution in [2.24, 2.45) is 23.7 Å². The van der Waals surface area contributed by atoms with Crippen LogP contribution in [0.5, 0.6) is 11.5 Å². The van der Waals surface area contributed by atoms with Gasteiger partial charge in [0.15, 0.2) is 11.5 Å². The standard InChI is InChI=1S/C40H33ClIN3O6/c1-21-8-12-25(13-9-21)43-45-37(48)30-20-29-27(16-17-28-33(29)38(49)44(36(28)47)26-14-10-24(41)11-15-26)34(22-18-31(42)35(46)32(19-22)51-2)40(30,39(45)50)23-6-4-3-5-7-23/h3-16,18-19,28-30,33-34,43,46H,17,20H2,1-2H3. The summed E-state index contributed by atoms with van der Waals surface area (Å²) >= 11 is 8.18. The molecule has 51 heavy (non-hydrogen) atoms. The summed E-state index contributed by atoms with van der Waals surface area (Å²) < 4.78 is 6.11. The SMILES string of the molecule is COc1cc(C2C3=CCC4C(=O)N(c5ccc(Cl)cc5)C(=O)C4C3CC3C(=O)N(Nc4ccc(C)cc4)C(=O)C32c2ccccc2)cc(I)c1O. The van der Waals surface area contributed by atoms with Crippen LogP contribution in [0.15, 0.2) is 103 Å². The maximum atomic E-state index is 15.3. The number of halogens is 2. The Morgan fingerprint density at radius 3 is 2.29 bits per heavy atom. The molecule has 2 aliphatic carbocycles. The number of aryl methyl sites for hydroxylation is 1. The molecule has 258 valence electrons. The zero-order valence-corrected chi connectivity index (χ0v) is 30.6. The van der Waals surface area contributed by atoms with Gasteiger partial charge < -0.3 is 9.84 Å². The first-order valence-corrected chi connectivity index (χ1v) is 18.2. The minimum Gasteiger partial charge on any atom is -0.504 e. The van der Waals surface area contributed by atoms with Crippen LogP contribution in [0.4, 0.5) is 11.4 Å². The number of phenolic OH excluding ortho intramolecular Hbond substituents is 1. The largest absolute Gasteiger partial charge is 0.504 e. The predicted octanol–water partition coefficient (Wildman–Crippen LogP) is 7.16. The van der Waals surface area contributed by atoms with Crippen LogP contribution in [0.3, 0.4) is 0 Å². The van der Waals surface area contributed by atoms with Crippen molar-refractivity contribution >= 4 is 69.2 Å². The Labute approximate surface area is 313 Å². The Kier molecular flexibility index (Phi) is 8.22. The second-order valence-electron chi connectivity index (χ2n) is 13.6. The van der Waals surface area contributed by atoms with Crippen LogP contribution in [-0.4, -0.2) is 40.9 Å². The summed E-state index contributed by atoms with van der Waals surface area (Å²) in [6.07, 6.45) is 2.47. The number of ether oxygens (including phenoxy) is 1. The summed E-state index contributed by atoms with van der Waals surface area (Å²) in [4.78, 5) is 59.9. The van der Waals surface area contributed by atoms with Gasteiger partial charge in [-0.2, -0.15) is 5.01 Å². The van der Waals surface area contributed by atoms with E-state index in [9.17, 15) is 19.5 Å². The molecule has 0 spiro atoms. The number of carbonyl (C=O) groups excluding carboxylic acids is 4. The first-order chi connectivity index (χ1) is 24.6. The quantitative estimate of drug-likeness (QED) is 0.121. The van der Waals surface area contributed by atoms with Crippen LogP contribution in [-0.2, 0) is 24.6 Å². The first-order valence-electron chi connectivity index (χ1n) is 16.7. The highest BCUT2D eigenvalue weighted by Gasteiger charge is 2.70. The molecule has 0 bridgehead atoms. The number of fused-ring (bicyclic) bond motifs is 4. The topological polar surface area (TPSA) is 116 Å². The van der Waals surface area contributed by atoms with Crippen LogP contribution in [0, 0.1) is 34.2 Å². The van der Waals surface area contributed by atoms with E-state index in [-0.39, 0.29) is 36.2 Å². The van der Waals surface area contributed by atoms with Crippen molar-refractivity contribution in [1.82, 2.24) is 5.01 Å². The van der Waals surface area contributed by atoms with Crippen molar-refractivity contribution in [2.75, 3.05) is 17.4 Å². The minimum atomic E-state index is -1.43. The molecule has 6 atom stereocenters. The highest BCUT2D eigenvalue weighted by molar-refractivity contribution is 14.1. The molecule has 4 aromatic carbocycles. The molecular formula is C40H33ClIN3O6. The van der Waals surface area contributed by atoms with E-state index in [2.05, 4.69) is 5.43 Å². The van der Waals surface area contributed by atoms with Gasteiger partial charge in [-0.1, -0.05) is 71.3 Å². The average molecular weight is 814 g/mol. The van der Waals surface area contributed by atoms with Crippen LogP contribution in [0.1, 0.15) is 35.4 Å². The third-order valence-electron chi connectivity index (χ3n) is 11.1. The van der Waals surface area contributed by atoms with Gasteiger partial charge >= 0.3 is 0 Å². The second kappa shape index (κ2) is 12.5. The number of methoxy groups -OCH3 is 1. The van der Waals surface area contributed by atoms with E-state index in [0.717, 1.165) is 16.1 Å². The molecule has 0 aromatic heterocycles. The molecular weight excluding hydrogens is 781 g/mol. The fourth-order valence-electron chi connectivity index (χ4n) is 8.88. The van der Waals surface area contributed by atoms with Gasteiger partial charge in [0.1, 0.15) is 0 Å². The summed E-state index contributed by atoms with van der Waals surface area (Å²) in [7, 11) is 1.46. The van der Waals surface area contributed by atoms with Gasteiger partial charge in [-0.3, -0.25) is 29.5 Å². The van der Waals surface area contributed by atoms with E-state index >= 15 is 4.79 Å². The molecule has 4 aliphatic rings. The molecule has 1 saturated carbocycles. The van der Waals surface area contributed by atoms with Crippen molar-refractivity contribution < 1.29 is 29.0 Å². The Bertz CT molecular complexity index is 2140. The molecule has 2 heterocycles. The Morgan fingerprint density at radius 1 is 0.902 bits per heavy atom. The number of hydrogen-bond acceptors (Lipinski definition) is 7. The van der Waals surface area contributed by atoms with Crippen molar-refractivity contribution in [3.05, 3.63) is 128 Å². The molecule has 4 aromatic rings. The monoisotopic (exact) mass is 813 g/mol. The van der Waals surface area contributed by atoms with Gasteiger partial charge in [-0.15, -0.1) is 0 Å². The molecule has 9 nitrogen and oxygen atoms in total. The number of rotatable bonds is 6. The van der Waals surface area contributed by atoms with Crippen molar-refractivity contribution in [3.63, 3.8) is 0 Å². The average Bonchev–Trinajstić information content (AvgIpc) is 3.51. The Balaban J connectivity index is 1.34. The predicted molar refractivity (Wildman–Crippen MR) is 200 cm³/mol. The molecule has 3 fully saturated rings. The Morgan fingerprint density at radius 2 is 1.61 bits per heavy atom. The van der Waals surface area contributed by atoms with E-state index in [4.69, 9.17) is 16.3 Å². The zero-order valence-electron chi connectivity index (χ0n) is 27.7. The number of nitrogens with zero attached hydrogens (tertiary/aromatic N) is 2. The number of imide groups is 2. The molecule has 6 unspecified atom stereocenters. The molecule has 2 aliphatic heterocycles. The summed E-state index contributed by atoms with van der Waals surface area (Å²) in [5.41, 5.74) is 5.86. The van der Waals surface area contributed by atoms with Crippen LogP contribution in [0.25, 0.3) is 0 Å². The summed E-state index contributed by atoms with van der Waals surface area (Å²) in [6.45, 7) is 1.96. The second-order valence-corrected chi connectivity index (χ2v) is 15.2. The van der Waals surface area contributed by atoms with Gasteiger partial charge in [0, 0.05) is 10.9 Å². The number of hydrogen-bond donors (Lipinski definition) is 2. The van der Waals surface area contributed by atoms with Crippen molar-refractivity contribution in [3.8, 4) is 11.5 Å². The van der Waals surface area contributed by atoms with E-state index in [0.29, 0.717) is 31.1 Å². The number of hydrazine groups is 1. The highest BCUT2D eigenvalue weighted by atomic mass is 127.